The van der Waals surface area contributed by atoms with Gasteiger partial charge in [0.05, 0.1) is 34.6 Å². The molecule has 3 aromatic heterocycles. The maximum atomic E-state index is 13.5. The lowest BCUT2D eigenvalue weighted by Gasteiger charge is -2.32. The van der Waals surface area contributed by atoms with E-state index in [4.69, 9.17) is 25.2 Å². The molecule has 7 rings (SSSR count). The van der Waals surface area contributed by atoms with Crippen LogP contribution in [0.15, 0.2) is 18.2 Å². The summed E-state index contributed by atoms with van der Waals surface area (Å²) in [5.74, 6) is 2.60. The Morgan fingerprint density at radius 3 is 2.67 bits per heavy atom. The highest BCUT2D eigenvalue weighted by molar-refractivity contribution is 7.18. The molecule has 204 valence electrons. The molecule has 39 heavy (non-hydrogen) atoms. The summed E-state index contributed by atoms with van der Waals surface area (Å²) in [5.41, 5.74) is 9.36. The van der Waals surface area contributed by atoms with E-state index < -0.39 is 12.2 Å². The number of aromatic nitrogens is 4. The van der Waals surface area contributed by atoms with Crippen molar-refractivity contribution in [2.75, 3.05) is 20.2 Å². The SMILES string of the molecule is COc1cc(C(=O)N2CCCC(OC(N)=O)C2)cc2nc(-c3cc4sc(C5CC5)nc4n3CC3CC3)n(C)c12. The Bertz CT molecular complexity index is 1610. The molecule has 4 heterocycles. The Labute approximate surface area is 229 Å². The Morgan fingerprint density at radius 1 is 1.13 bits per heavy atom. The number of thiazole rings is 1. The van der Waals surface area contributed by atoms with Crippen molar-refractivity contribution in [1.82, 2.24) is 24.0 Å². The van der Waals surface area contributed by atoms with Gasteiger partial charge in [0.15, 0.2) is 11.5 Å². The van der Waals surface area contributed by atoms with Gasteiger partial charge in [-0.3, -0.25) is 4.79 Å². The Kier molecular flexibility index (Phi) is 5.80. The zero-order chi connectivity index (χ0) is 26.8. The fourth-order valence-electron chi connectivity index (χ4n) is 5.76. The number of rotatable bonds is 7. The number of amides is 2. The second-order valence-electron chi connectivity index (χ2n) is 11.1. The van der Waals surface area contributed by atoms with Crippen LogP contribution < -0.4 is 10.5 Å². The van der Waals surface area contributed by atoms with Gasteiger partial charge in [-0.15, -0.1) is 11.3 Å². The van der Waals surface area contributed by atoms with Gasteiger partial charge in [-0.05, 0) is 62.6 Å². The average molecular weight is 549 g/mol. The number of likely N-dealkylation sites (tertiary alicyclic amines) is 1. The number of nitrogens with two attached hydrogens (primary N) is 1. The first kappa shape index (κ1) is 24.4. The summed E-state index contributed by atoms with van der Waals surface area (Å²) in [6.07, 6.45) is 5.21. The fraction of sp³-hybridized carbons (Fsp3) is 0.500. The minimum Gasteiger partial charge on any atom is -0.494 e. The van der Waals surface area contributed by atoms with Gasteiger partial charge in [0, 0.05) is 31.6 Å². The van der Waals surface area contributed by atoms with Crippen molar-refractivity contribution in [2.45, 2.75) is 57.1 Å². The first-order valence-corrected chi connectivity index (χ1v) is 14.5. The number of benzene rings is 1. The van der Waals surface area contributed by atoms with Crippen LogP contribution in [-0.2, 0) is 18.3 Å². The van der Waals surface area contributed by atoms with Crippen LogP contribution in [0.3, 0.4) is 0 Å². The minimum absolute atomic E-state index is 0.144. The maximum absolute atomic E-state index is 13.5. The van der Waals surface area contributed by atoms with Crippen LogP contribution >= 0.6 is 11.3 Å². The number of aryl methyl sites for hydroxylation is 1. The van der Waals surface area contributed by atoms with Crippen molar-refractivity contribution in [2.24, 2.45) is 18.7 Å². The van der Waals surface area contributed by atoms with E-state index in [1.807, 2.05) is 24.5 Å². The van der Waals surface area contributed by atoms with E-state index in [0.717, 1.165) is 35.6 Å². The topological polar surface area (TPSA) is 118 Å². The van der Waals surface area contributed by atoms with Gasteiger partial charge in [-0.1, -0.05) is 0 Å². The second kappa shape index (κ2) is 9.25. The summed E-state index contributed by atoms with van der Waals surface area (Å²) in [5, 5.41) is 1.26. The van der Waals surface area contributed by atoms with E-state index in [-0.39, 0.29) is 5.91 Å². The van der Waals surface area contributed by atoms with Crippen LogP contribution in [0.25, 0.3) is 32.9 Å². The monoisotopic (exact) mass is 548 g/mol. The third-order valence-electron chi connectivity index (χ3n) is 8.11. The molecule has 0 bridgehead atoms. The number of ether oxygens (including phenoxy) is 2. The standard InChI is InChI=1S/C28H32N6O4S/c1-32-23-19(10-17(11-21(23)37-2)27(35)33-9-3-4-18(14-33)38-28(29)36)30-24(32)20-12-22-25(34(20)13-15-5-6-15)31-26(39-22)16-7-8-16/h10-12,15-16,18H,3-9,13-14H2,1-2H3,(H2,29,36). The molecule has 3 aliphatic rings. The summed E-state index contributed by atoms with van der Waals surface area (Å²) in [7, 11) is 3.61. The van der Waals surface area contributed by atoms with Gasteiger partial charge in [0.2, 0.25) is 0 Å². The highest BCUT2D eigenvalue weighted by Crippen LogP contribution is 2.45. The lowest BCUT2D eigenvalue weighted by atomic mass is 10.1. The van der Waals surface area contributed by atoms with Crippen LogP contribution in [-0.4, -0.2) is 62.3 Å². The normalized spacial score (nSPS) is 19.6. The van der Waals surface area contributed by atoms with Crippen molar-refractivity contribution < 1.29 is 19.1 Å². The van der Waals surface area contributed by atoms with Gasteiger partial charge in [-0.2, -0.15) is 0 Å². The molecule has 1 unspecified atom stereocenters. The number of carbonyl (C=O) groups excluding carboxylic acids is 2. The van der Waals surface area contributed by atoms with E-state index in [1.165, 1.54) is 35.4 Å². The van der Waals surface area contributed by atoms with E-state index in [0.29, 0.717) is 48.2 Å². The van der Waals surface area contributed by atoms with Crippen molar-refractivity contribution in [3.05, 3.63) is 28.8 Å². The third kappa shape index (κ3) is 4.42. The third-order valence-corrected chi connectivity index (χ3v) is 9.26. The lowest BCUT2D eigenvalue weighted by Crippen LogP contribution is -2.44. The molecule has 1 aromatic carbocycles. The van der Waals surface area contributed by atoms with Gasteiger partial charge in [0.1, 0.15) is 17.4 Å². The molecular weight excluding hydrogens is 516 g/mol. The molecule has 3 fully saturated rings. The zero-order valence-electron chi connectivity index (χ0n) is 22.2. The zero-order valence-corrected chi connectivity index (χ0v) is 23.0. The van der Waals surface area contributed by atoms with Crippen LogP contribution in [0.5, 0.6) is 5.75 Å². The molecule has 1 aliphatic heterocycles. The smallest absolute Gasteiger partial charge is 0.404 e. The molecule has 4 aromatic rings. The Morgan fingerprint density at radius 2 is 1.95 bits per heavy atom. The number of primary amides is 1. The number of hydrogen-bond donors (Lipinski definition) is 1. The van der Waals surface area contributed by atoms with E-state index in [2.05, 4.69) is 15.2 Å². The summed E-state index contributed by atoms with van der Waals surface area (Å²) >= 11 is 1.81. The summed E-state index contributed by atoms with van der Waals surface area (Å²) in [6.45, 7) is 1.85. The number of piperidine rings is 1. The van der Waals surface area contributed by atoms with Crippen LogP contribution in [0, 0.1) is 5.92 Å². The Hall–Kier alpha value is -3.60. The fourth-order valence-corrected chi connectivity index (χ4v) is 6.94. The lowest BCUT2D eigenvalue weighted by molar-refractivity contribution is 0.0373. The predicted molar refractivity (Wildman–Crippen MR) is 148 cm³/mol. The number of hydrogen-bond acceptors (Lipinski definition) is 7. The number of fused-ring (bicyclic) bond motifs is 2. The van der Waals surface area contributed by atoms with Gasteiger partial charge >= 0.3 is 6.09 Å². The molecular formula is C28H32N6O4S. The molecule has 2 saturated carbocycles. The predicted octanol–water partition coefficient (Wildman–Crippen LogP) is 4.65. The molecule has 2 amide bonds. The summed E-state index contributed by atoms with van der Waals surface area (Å²) in [6, 6.07) is 5.84. The molecule has 2 N–H and O–H groups in total. The minimum atomic E-state index is -0.816. The molecule has 1 saturated heterocycles. The largest absolute Gasteiger partial charge is 0.494 e. The number of methoxy groups -OCH3 is 1. The number of nitrogens with zero attached hydrogens (tertiary/aromatic N) is 5. The average Bonchev–Trinajstić information content (AvgIpc) is 3.84. The maximum Gasteiger partial charge on any atom is 0.404 e. The molecule has 0 spiro atoms. The molecule has 1 atom stereocenters. The number of imidazole rings is 1. The molecule has 0 radical (unpaired) electrons. The highest BCUT2D eigenvalue weighted by atomic mass is 32.1. The van der Waals surface area contributed by atoms with Crippen LogP contribution in [0.1, 0.15) is 59.8 Å². The molecule has 10 nitrogen and oxygen atoms in total. The van der Waals surface area contributed by atoms with Crippen LogP contribution in [0.4, 0.5) is 4.79 Å². The Balaban J connectivity index is 1.27. The van der Waals surface area contributed by atoms with E-state index in [9.17, 15) is 9.59 Å². The quantitative estimate of drug-likeness (QED) is 0.359. The van der Waals surface area contributed by atoms with E-state index >= 15 is 0 Å². The van der Waals surface area contributed by atoms with Crippen molar-refractivity contribution in [3.8, 4) is 17.3 Å². The second-order valence-corrected chi connectivity index (χ2v) is 12.2. The van der Waals surface area contributed by atoms with Crippen molar-refractivity contribution >= 4 is 44.7 Å². The number of carbonyl (C=O) groups is 2. The van der Waals surface area contributed by atoms with Crippen LogP contribution in [0.2, 0.25) is 0 Å². The van der Waals surface area contributed by atoms with Gasteiger partial charge < -0.3 is 29.2 Å². The highest BCUT2D eigenvalue weighted by Gasteiger charge is 2.32. The van der Waals surface area contributed by atoms with Crippen molar-refractivity contribution in [3.63, 3.8) is 0 Å². The van der Waals surface area contributed by atoms with Gasteiger partial charge in [0.25, 0.3) is 5.91 Å². The summed E-state index contributed by atoms with van der Waals surface area (Å²) in [4.78, 5) is 36.6. The van der Waals surface area contributed by atoms with E-state index in [1.54, 1.807) is 18.1 Å². The summed E-state index contributed by atoms with van der Waals surface area (Å²) < 4.78 is 16.6. The van der Waals surface area contributed by atoms with Crippen molar-refractivity contribution in [1.29, 1.82) is 0 Å². The molecule has 2 aliphatic carbocycles. The van der Waals surface area contributed by atoms with Gasteiger partial charge in [-0.25, -0.2) is 14.8 Å². The first-order chi connectivity index (χ1) is 18.9. The molecule has 11 heteroatoms. The first-order valence-electron chi connectivity index (χ1n) is 13.7.